The van der Waals surface area contributed by atoms with E-state index in [2.05, 4.69) is 10.3 Å². The van der Waals surface area contributed by atoms with E-state index < -0.39 is 0 Å². The molecule has 1 amide bonds. The fraction of sp³-hybridized carbons (Fsp3) is 0.211. The van der Waals surface area contributed by atoms with Crippen molar-refractivity contribution in [1.29, 1.82) is 0 Å². The van der Waals surface area contributed by atoms with Gasteiger partial charge in [-0.1, -0.05) is 6.07 Å². The van der Waals surface area contributed by atoms with Crippen molar-refractivity contribution >= 4 is 39.5 Å². The molecule has 26 heavy (non-hydrogen) atoms. The zero-order chi connectivity index (χ0) is 18.4. The topological polar surface area (TPSA) is 68.3 Å². The summed E-state index contributed by atoms with van der Waals surface area (Å²) in [6, 6.07) is 10.9. The fourth-order valence-corrected chi connectivity index (χ4v) is 3.81. The minimum absolute atomic E-state index is 0.0680. The Hall–Kier alpha value is -2.51. The van der Waals surface area contributed by atoms with Gasteiger partial charge in [-0.3, -0.25) is 9.59 Å². The zero-order valence-electron chi connectivity index (χ0n) is 14.2. The first-order chi connectivity index (χ1) is 12.7. The number of nitrogens with zero attached hydrogens (tertiary/aromatic N) is 1. The molecule has 5 nitrogen and oxygen atoms in total. The quantitative estimate of drug-likeness (QED) is 0.561. The molecule has 3 rings (SSSR count). The van der Waals surface area contributed by atoms with Crippen molar-refractivity contribution in [2.45, 2.75) is 19.8 Å². The van der Waals surface area contributed by atoms with Crippen LogP contribution in [0.4, 0.5) is 5.13 Å². The molecule has 0 saturated carbocycles. The number of nitrogens with one attached hydrogen (secondary N) is 1. The molecule has 0 spiro atoms. The van der Waals surface area contributed by atoms with Gasteiger partial charge < -0.3 is 10.1 Å². The minimum atomic E-state index is -0.212. The standard InChI is InChI=1S/C19H18N2O3S2/c1-2-24-14-7-5-13(6-8-14)16(22)9-10-18(23)21-19-20-15(12-26-19)17-4-3-11-25-17/h3-8,11-12H,2,9-10H2,1H3,(H,20,21,23). The Balaban J connectivity index is 1.50. The molecule has 0 radical (unpaired) electrons. The van der Waals surface area contributed by atoms with Crippen LogP contribution >= 0.6 is 22.7 Å². The first-order valence-corrected chi connectivity index (χ1v) is 9.97. The third-order valence-corrected chi connectivity index (χ3v) is 5.24. The summed E-state index contributed by atoms with van der Waals surface area (Å²) in [5.74, 6) is 0.449. The number of thiophene rings is 1. The second-order valence-electron chi connectivity index (χ2n) is 5.44. The van der Waals surface area contributed by atoms with Gasteiger partial charge >= 0.3 is 0 Å². The van der Waals surface area contributed by atoms with Gasteiger partial charge in [0.15, 0.2) is 10.9 Å². The third kappa shape index (κ3) is 4.77. The van der Waals surface area contributed by atoms with Gasteiger partial charge in [-0.15, -0.1) is 22.7 Å². The van der Waals surface area contributed by atoms with E-state index in [-0.39, 0.29) is 24.5 Å². The van der Waals surface area contributed by atoms with Crippen LogP contribution in [-0.4, -0.2) is 23.3 Å². The van der Waals surface area contributed by atoms with E-state index >= 15 is 0 Å². The molecule has 1 N–H and O–H groups in total. The number of amides is 1. The van der Waals surface area contributed by atoms with Gasteiger partial charge in [0.05, 0.1) is 17.2 Å². The Kier molecular flexibility index (Phi) is 6.14. The van der Waals surface area contributed by atoms with E-state index in [1.807, 2.05) is 29.8 Å². The van der Waals surface area contributed by atoms with Gasteiger partial charge in [-0.2, -0.15) is 0 Å². The number of carbonyl (C=O) groups excluding carboxylic acids is 2. The largest absolute Gasteiger partial charge is 0.494 e. The van der Waals surface area contributed by atoms with Crippen molar-refractivity contribution in [1.82, 2.24) is 4.98 Å². The highest BCUT2D eigenvalue weighted by molar-refractivity contribution is 7.16. The maximum Gasteiger partial charge on any atom is 0.226 e. The molecular formula is C19H18N2O3S2. The maximum absolute atomic E-state index is 12.2. The average Bonchev–Trinajstić information content (AvgIpc) is 3.32. The van der Waals surface area contributed by atoms with Crippen LogP contribution in [0.2, 0.25) is 0 Å². The molecule has 0 saturated heterocycles. The highest BCUT2D eigenvalue weighted by atomic mass is 32.1. The highest BCUT2D eigenvalue weighted by Crippen LogP contribution is 2.28. The van der Waals surface area contributed by atoms with Gasteiger partial charge in [0, 0.05) is 23.8 Å². The van der Waals surface area contributed by atoms with Gasteiger partial charge in [0.25, 0.3) is 0 Å². The number of ketones is 1. The van der Waals surface area contributed by atoms with E-state index in [0.717, 1.165) is 16.3 Å². The summed E-state index contributed by atoms with van der Waals surface area (Å²) in [5, 5.41) is 7.20. The smallest absolute Gasteiger partial charge is 0.226 e. The van der Waals surface area contributed by atoms with Crippen molar-refractivity contribution in [3.05, 3.63) is 52.7 Å². The zero-order valence-corrected chi connectivity index (χ0v) is 15.9. The van der Waals surface area contributed by atoms with Crippen LogP contribution in [0.1, 0.15) is 30.1 Å². The first-order valence-electron chi connectivity index (χ1n) is 8.21. The number of anilines is 1. The molecule has 0 fully saturated rings. The Morgan fingerprint density at radius 2 is 1.92 bits per heavy atom. The highest BCUT2D eigenvalue weighted by Gasteiger charge is 2.12. The van der Waals surface area contributed by atoms with E-state index in [0.29, 0.717) is 17.3 Å². The van der Waals surface area contributed by atoms with Crippen LogP contribution in [0.5, 0.6) is 5.75 Å². The Morgan fingerprint density at radius 1 is 1.12 bits per heavy atom. The Labute approximate surface area is 159 Å². The van der Waals surface area contributed by atoms with E-state index in [9.17, 15) is 9.59 Å². The molecule has 2 aromatic heterocycles. The molecule has 7 heteroatoms. The summed E-state index contributed by atoms with van der Waals surface area (Å²) in [7, 11) is 0. The average molecular weight is 386 g/mol. The third-order valence-electron chi connectivity index (χ3n) is 3.59. The minimum Gasteiger partial charge on any atom is -0.494 e. The molecule has 0 aliphatic carbocycles. The molecule has 1 aromatic carbocycles. The van der Waals surface area contributed by atoms with Gasteiger partial charge in [0.1, 0.15) is 5.75 Å². The lowest BCUT2D eigenvalue weighted by Gasteiger charge is -2.05. The summed E-state index contributed by atoms with van der Waals surface area (Å²) >= 11 is 2.98. The Morgan fingerprint density at radius 3 is 2.62 bits per heavy atom. The number of hydrogen-bond donors (Lipinski definition) is 1. The molecule has 2 heterocycles. The fourth-order valence-electron chi connectivity index (χ4n) is 2.33. The second-order valence-corrected chi connectivity index (χ2v) is 7.25. The van der Waals surface area contributed by atoms with Crippen molar-refractivity contribution < 1.29 is 14.3 Å². The van der Waals surface area contributed by atoms with Crippen molar-refractivity contribution in [2.24, 2.45) is 0 Å². The van der Waals surface area contributed by atoms with Crippen molar-refractivity contribution in [3.63, 3.8) is 0 Å². The van der Waals surface area contributed by atoms with Crippen LogP contribution in [0.15, 0.2) is 47.2 Å². The summed E-state index contributed by atoms with van der Waals surface area (Å²) < 4.78 is 5.35. The first kappa shape index (κ1) is 18.3. The molecule has 0 unspecified atom stereocenters. The van der Waals surface area contributed by atoms with Gasteiger partial charge in [-0.25, -0.2) is 4.98 Å². The maximum atomic E-state index is 12.2. The molecule has 0 atom stereocenters. The summed E-state index contributed by atoms with van der Waals surface area (Å²) in [6.07, 6.45) is 0.281. The number of ether oxygens (including phenoxy) is 1. The van der Waals surface area contributed by atoms with Gasteiger partial charge in [0.2, 0.25) is 5.91 Å². The SMILES string of the molecule is CCOc1ccc(C(=O)CCC(=O)Nc2nc(-c3cccs3)cs2)cc1. The van der Waals surface area contributed by atoms with Crippen LogP contribution in [0.3, 0.4) is 0 Å². The van der Waals surface area contributed by atoms with Gasteiger partial charge in [-0.05, 0) is 42.6 Å². The van der Waals surface area contributed by atoms with Crippen LogP contribution in [0, 0.1) is 0 Å². The van der Waals surface area contributed by atoms with Crippen molar-refractivity contribution in [2.75, 3.05) is 11.9 Å². The molecule has 0 aliphatic rings. The normalized spacial score (nSPS) is 10.5. The second kappa shape index (κ2) is 8.73. The molecule has 134 valence electrons. The monoisotopic (exact) mass is 386 g/mol. The summed E-state index contributed by atoms with van der Waals surface area (Å²) in [6.45, 7) is 2.49. The van der Waals surface area contributed by atoms with Crippen LogP contribution in [-0.2, 0) is 4.79 Å². The van der Waals surface area contributed by atoms with Crippen LogP contribution in [0.25, 0.3) is 10.6 Å². The van der Waals surface area contributed by atoms with Crippen molar-refractivity contribution in [3.8, 4) is 16.3 Å². The van der Waals surface area contributed by atoms with Crippen LogP contribution < -0.4 is 10.1 Å². The van der Waals surface area contributed by atoms with E-state index in [1.54, 1.807) is 35.6 Å². The lowest BCUT2D eigenvalue weighted by atomic mass is 10.1. The Bertz CT molecular complexity index is 871. The number of rotatable bonds is 8. The predicted molar refractivity (Wildman–Crippen MR) is 105 cm³/mol. The number of hydrogen-bond acceptors (Lipinski definition) is 6. The molecule has 0 bridgehead atoms. The summed E-state index contributed by atoms with van der Waals surface area (Å²) in [4.78, 5) is 29.7. The number of benzene rings is 1. The predicted octanol–water partition coefficient (Wildman–Crippen LogP) is 4.87. The summed E-state index contributed by atoms with van der Waals surface area (Å²) in [5.41, 5.74) is 1.43. The van der Waals surface area contributed by atoms with E-state index in [4.69, 9.17) is 4.74 Å². The number of thiazole rings is 1. The lowest BCUT2D eigenvalue weighted by molar-refractivity contribution is -0.116. The molecule has 3 aromatic rings. The number of carbonyl (C=O) groups is 2. The molecular weight excluding hydrogens is 368 g/mol. The van der Waals surface area contributed by atoms with E-state index in [1.165, 1.54) is 11.3 Å². The number of aromatic nitrogens is 1. The number of Topliss-reactive ketones (excluding diaryl/α,β-unsaturated/α-hetero) is 1. The lowest BCUT2D eigenvalue weighted by Crippen LogP contribution is -2.13. The molecule has 0 aliphatic heterocycles.